The first kappa shape index (κ1) is 9.35. The standard InChI is InChI=1S/C8H9BrN2O/c9-7-2-4-11-5-6(7)8(12)1-3-10/h2,4-5H,1,3,10H2. The normalized spacial score (nSPS) is 9.83. The average molecular weight is 229 g/mol. The molecule has 64 valence electrons. The second-order valence-corrected chi connectivity index (χ2v) is 3.17. The molecule has 0 aliphatic rings. The topological polar surface area (TPSA) is 56.0 Å². The monoisotopic (exact) mass is 228 g/mol. The summed E-state index contributed by atoms with van der Waals surface area (Å²) >= 11 is 3.27. The van der Waals surface area contributed by atoms with Crippen molar-refractivity contribution in [2.75, 3.05) is 6.54 Å². The van der Waals surface area contributed by atoms with Gasteiger partial charge in [-0.25, -0.2) is 0 Å². The lowest BCUT2D eigenvalue weighted by molar-refractivity contribution is 0.0984. The van der Waals surface area contributed by atoms with Gasteiger partial charge in [-0.3, -0.25) is 9.78 Å². The summed E-state index contributed by atoms with van der Waals surface area (Å²) in [4.78, 5) is 15.2. The summed E-state index contributed by atoms with van der Waals surface area (Å²) in [7, 11) is 0. The lowest BCUT2D eigenvalue weighted by Gasteiger charge is -1.99. The van der Waals surface area contributed by atoms with E-state index in [-0.39, 0.29) is 5.78 Å². The molecule has 0 spiro atoms. The first-order valence-electron chi connectivity index (χ1n) is 3.58. The second-order valence-electron chi connectivity index (χ2n) is 2.32. The van der Waals surface area contributed by atoms with Crippen LogP contribution in [-0.2, 0) is 0 Å². The zero-order valence-corrected chi connectivity index (χ0v) is 8.04. The molecule has 0 amide bonds. The third kappa shape index (κ3) is 2.12. The van der Waals surface area contributed by atoms with Crippen LogP contribution in [0.4, 0.5) is 0 Å². The van der Waals surface area contributed by atoms with Crippen molar-refractivity contribution in [3.05, 3.63) is 28.5 Å². The molecule has 1 heterocycles. The van der Waals surface area contributed by atoms with E-state index in [1.165, 1.54) is 0 Å². The van der Waals surface area contributed by atoms with E-state index < -0.39 is 0 Å². The third-order valence-electron chi connectivity index (χ3n) is 1.44. The Morgan fingerprint density at radius 2 is 2.42 bits per heavy atom. The Kier molecular flexibility index (Phi) is 3.37. The van der Waals surface area contributed by atoms with Gasteiger partial charge < -0.3 is 5.73 Å². The lowest BCUT2D eigenvalue weighted by Crippen LogP contribution is -2.08. The molecule has 2 N–H and O–H groups in total. The third-order valence-corrected chi connectivity index (χ3v) is 2.13. The fraction of sp³-hybridized carbons (Fsp3) is 0.250. The van der Waals surface area contributed by atoms with Crippen LogP contribution in [0.3, 0.4) is 0 Å². The second kappa shape index (κ2) is 4.33. The first-order valence-corrected chi connectivity index (χ1v) is 4.37. The van der Waals surface area contributed by atoms with Crippen LogP contribution in [0.1, 0.15) is 16.8 Å². The summed E-state index contributed by atoms with van der Waals surface area (Å²) in [5.74, 6) is 0.0254. The smallest absolute Gasteiger partial charge is 0.166 e. The van der Waals surface area contributed by atoms with Crippen LogP contribution >= 0.6 is 15.9 Å². The predicted molar refractivity (Wildman–Crippen MR) is 49.9 cm³/mol. The van der Waals surface area contributed by atoms with Gasteiger partial charge in [0.25, 0.3) is 0 Å². The van der Waals surface area contributed by atoms with Gasteiger partial charge in [0.15, 0.2) is 5.78 Å². The number of hydrogen-bond acceptors (Lipinski definition) is 3. The predicted octanol–water partition coefficient (Wildman–Crippen LogP) is 1.38. The maximum Gasteiger partial charge on any atom is 0.166 e. The number of nitrogens with zero attached hydrogens (tertiary/aromatic N) is 1. The molecule has 1 rings (SSSR count). The van der Waals surface area contributed by atoms with Crippen LogP contribution < -0.4 is 5.73 Å². The molecule has 12 heavy (non-hydrogen) atoms. The molecule has 0 radical (unpaired) electrons. The minimum atomic E-state index is 0.0254. The number of carbonyl (C=O) groups excluding carboxylic acids is 1. The molecular formula is C8H9BrN2O. The molecule has 0 saturated carbocycles. The van der Waals surface area contributed by atoms with E-state index in [1.807, 2.05) is 0 Å². The quantitative estimate of drug-likeness (QED) is 0.796. The van der Waals surface area contributed by atoms with Gasteiger partial charge in [0.2, 0.25) is 0 Å². The fourth-order valence-electron chi connectivity index (χ4n) is 0.848. The highest BCUT2D eigenvalue weighted by atomic mass is 79.9. The minimum absolute atomic E-state index is 0.0254. The van der Waals surface area contributed by atoms with E-state index in [0.717, 1.165) is 4.47 Å². The van der Waals surface area contributed by atoms with Crippen molar-refractivity contribution in [1.82, 2.24) is 4.98 Å². The molecule has 0 aliphatic carbocycles. The molecule has 3 nitrogen and oxygen atoms in total. The lowest BCUT2D eigenvalue weighted by atomic mass is 10.1. The van der Waals surface area contributed by atoms with E-state index in [2.05, 4.69) is 20.9 Å². The molecule has 0 aliphatic heterocycles. The van der Waals surface area contributed by atoms with Crippen LogP contribution in [-0.4, -0.2) is 17.3 Å². The number of hydrogen-bond donors (Lipinski definition) is 1. The number of Topliss-reactive ketones (excluding diaryl/α,β-unsaturated/α-hetero) is 1. The SMILES string of the molecule is NCCC(=O)c1cnccc1Br. The summed E-state index contributed by atoms with van der Waals surface area (Å²) in [5, 5.41) is 0. The molecular weight excluding hydrogens is 220 g/mol. The number of aromatic nitrogens is 1. The van der Waals surface area contributed by atoms with Crippen LogP contribution in [0.2, 0.25) is 0 Å². The Hall–Kier alpha value is -0.740. The molecule has 0 unspecified atom stereocenters. The van der Waals surface area contributed by atoms with Gasteiger partial charge in [0.05, 0.1) is 5.56 Å². The average Bonchev–Trinajstić information content (AvgIpc) is 2.05. The van der Waals surface area contributed by atoms with Crippen molar-refractivity contribution >= 4 is 21.7 Å². The van der Waals surface area contributed by atoms with Gasteiger partial charge in [-0.05, 0) is 28.5 Å². The molecule has 1 aromatic heterocycles. The highest BCUT2D eigenvalue weighted by Gasteiger charge is 2.07. The van der Waals surface area contributed by atoms with E-state index >= 15 is 0 Å². The number of pyridine rings is 1. The fourth-order valence-corrected chi connectivity index (χ4v) is 1.29. The van der Waals surface area contributed by atoms with E-state index in [9.17, 15) is 4.79 Å². The van der Waals surface area contributed by atoms with Gasteiger partial charge in [-0.1, -0.05) is 0 Å². The molecule has 4 heteroatoms. The van der Waals surface area contributed by atoms with Gasteiger partial charge in [-0.15, -0.1) is 0 Å². The summed E-state index contributed by atoms with van der Waals surface area (Å²) in [6, 6.07) is 1.74. The molecule has 0 saturated heterocycles. The van der Waals surface area contributed by atoms with Gasteiger partial charge in [0.1, 0.15) is 0 Å². The minimum Gasteiger partial charge on any atom is -0.330 e. The first-order chi connectivity index (χ1) is 5.75. The van der Waals surface area contributed by atoms with Crippen molar-refractivity contribution in [3.8, 4) is 0 Å². The largest absolute Gasteiger partial charge is 0.330 e. The van der Waals surface area contributed by atoms with E-state index in [0.29, 0.717) is 18.5 Å². The maximum atomic E-state index is 11.3. The van der Waals surface area contributed by atoms with Crippen molar-refractivity contribution in [3.63, 3.8) is 0 Å². The van der Waals surface area contributed by atoms with E-state index in [1.54, 1.807) is 18.5 Å². The van der Waals surface area contributed by atoms with Crippen molar-refractivity contribution in [2.45, 2.75) is 6.42 Å². The van der Waals surface area contributed by atoms with Gasteiger partial charge in [0, 0.05) is 23.3 Å². The molecule has 0 fully saturated rings. The number of carbonyl (C=O) groups is 1. The Labute approximate surface area is 79.1 Å². The van der Waals surface area contributed by atoms with Crippen LogP contribution in [0, 0.1) is 0 Å². The zero-order chi connectivity index (χ0) is 8.97. The van der Waals surface area contributed by atoms with Crippen molar-refractivity contribution < 1.29 is 4.79 Å². The Balaban J connectivity index is 2.87. The van der Waals surface area contributed by atoms with Gasteiger partial charge in [-0.2, -0.15) is 0 Å². The Morgan fingerprint density at radius 1 is 1.67 bits per heavy atom. The number of ketones is 1. The van der Waals surface area contributed by atoms with E-state index in [4.69, 9.17) is 5.73 Å². The van der Waals surface area contributed by atoms with Crippen LogP contribution in [0.25, 0.3) is 0 Å². The summed E-state index contributed by atoms with van der Waals surface area (Å²) in [5.41, 5.74) is 5.86. The van der Waals surface area contributed by atoms with Crippen LogP contribution in [0.5, 0.6) is 0 Å². The maximum absolute atomic E-state index is 11.3. The summed E-state index contributed by atoms with van der Waals surface area (Å²) in [6.45, 7) is 0.375. The summed E-state index contributed by atoms with van der Waals surface area (Å²) < 4.78 is 0.774. The van der Waals surface area contributed by atoms with Gasteiger partial charge >= 0.3 is 0 Å². The van der Waals surface area contributed by atoms with Crippen molar-refractivity contribution in [1.29, 1.82) is 0 Å². The molecule has 1 aromatic rings. The van der Waals surface area contributed by atoms with Crippen molar-refractivity contribution in [2.24, 2.45) is 5.73 Å². The Bertz CT molecular complexity index is 288. The highest BCUT2D eigenvalue weighted by molar-refractivity contribution is 9.10. The highest BCUT2D eigenvalue weighted by Crippen LogP contribution is 2.15. The number of rotatable bonds is 3. The number of nitrogens with two attached hydrogens (primary N) is 1. The summed E-state index contributed by atoms with van der Waals surface area (Å²) in [6.07, 6.45) is 3.54. The molecule has 0 atom stereocenters. The number of halogens is 1. The zero-order valence-electron chi connectivity index (χ0n) is 6.46. The Morgan fingerprint density at radius 3 is 3.00 bits per heavy atom. The molecule has 0 bridgehead atoms. The molecule has 0 aromatic carbocycles. The van der Waals surface area contributed by atoms with Crippen LogP contribution in [0.15, 0.2) is 22.9 Å².